The molecule has 2 aromatic rings. The zero-order chi connectivity index (χ0) is 15.8. The summed E-state index contributed by atoms with van der Waals surface area (Å²) >= 11 is 20.9. The molecule has 0 aliphatic heterocycles. The second-order valence-electron chi connectivity index (χ2n) is 4.01. The third-order valence-electron chi connectivity index (χ3n) is 2.55. The lowest BCUT2D eigenvalue weighted by molar-refractivity contribution is 0.601. The Kier molecular flexibility index (Phi) is 4.95. The van der Waals surface area contributed by atoms with Gasteiger partial charge in [0, 0.05) is 4.47 Å². The van der Waals surface area contributed by atoms with Crippen LogP contribution in [0.2, 0.25) is 15.1 Å². The van der Waals surface area contributed by atoms with E-state index in [1.54, 1.807) is 12.1 Å². The van der Waals surface area contributed by atoms with Gasteiger partial charge in [0.1, 0.15) is 4.90 Å². The van der Waals surface area contributed by atoms with Crippen molar-refractivity contribution in [2.75, 3.05) is 10.5 Å². The number of nitrogen functional groups attached to an aromatic ring is 1. The van der Waals surface area contributed by atoms with E-state index in [0.717, 1.165) is 0 Å². The number of anilines is 2. The van der Waals surface area contributed by atoms with Crippen LogP contribution in [-0.2, 0) is 10.0 Å². The number of sulfonamides is 1. The molecule has 0 unspecified atom stereocenters. The Hall–Kier alpha value is -0.660. The van der Waals surface area contributed by atoms with E-state index >= 15 is 0 Å². The monoisotopic (exact) mass is 428 g/mol. The first kappa shape index (κ1) is 16.7. The van der Waals surface area contributed by atoms with Crippen molar-refractivity contribution in [3.63, 3.8) is 0 Å². The normalized spacial score (nSPS) is 11.4. The van der Waals surface area contributed by atoms with Gasteiger partial charge < -0.3 is 5.73 Å². The Morgan fingerprint density at radius 1 is 1.05 bits per heavy atom. The summed E-state index contributed by atoms with van der Waals surface area (Å²) in [6.07, 6.45) is 0. The second kappa shape index (κ2) is 6.22. The van der Waals surface area contributed by atoms with E-state index in [9.17, 15) is 8.42 Å². The molecule has 3 N–H and O–H groups in total. The first-order valence-electron chi connectivity index (χ1n) is 5.43. The van der Waals surface area contributed by atoms with Crippen molar-refractivity contribution in [1.82, 2.24) is 0 Å². The van der Waals surface area contributed by atoms with Gasteiger partial charge in [-0.25, -0.2) is 8.42 Å². The molecule has 0 fully saturated rings. The maximum atomic E-state index is 12.3. The highest BCUT2D eigenvalue weighted by atomic mass is 79.9. The molecule has 2 aromatic carbocycles. The highest BCUT2D eigenvalue weighted by Gasteiger charge is 2.21. The third-order valence-corrected chi connectivity index (χ3v) is 6.06. The lowest BCUT2D eigenvalue weighted by Crippen LogP contribution is -2.14. The van der Waals surface area contributed by atoms with E-state index in [-0.39, 0.29) is 20.6 Å². The minimum absolute atomic E-state index is 0.00930. The van der Waals surface area contributed by atoms with Gasteiger partial charge in [-0.1, -0.05) is 34.8 Å². The number of benzene rings is 2. The lowest BCUT2D eigenvalue weighted by Gasteiger charge is -2.12. The molecular weight excluding hydrogens is 422 g/mol. The van der Waals surface area contributed by atoms with Crippen LogP contribution in [0.5, 0.6) is 0 Å². The number of nitrogens with one attached hydrogen (secondary N) is 1. The molecule has 9 heteroatoms. The Morgan fingerprint density at radius 2 is 1.71 bits per heavy atom. The fourth-order valence-electron chi connectivity index (χ4n) is 1.53. The average Bonchev–Trinajstić information content (AvgIpc) is 2.39. The van der Waals surface area contributed by atoms with E-state index in [2.05, 4.69) is 20.7 Å². The van der Waals surface area contributed by atoms with Gasteiger partial charge in [0.25, 0.3) is 10.0 Å². The average molecular weight is 431 g/mol. The molecule has 0 radical (unpaired) electrons. The molecular formula is C12H8BrCl3N2O2S. The van der Waals surface area contributed by atoms with Crippen LogP contribution in [0.3, 0.4) is 0 Å². The van der Waals surface area contributed by atoms with Crippen molar-refractivity contribution in [3.05, 3.63) is 49.9 Å². The predicted octanol–water partition coefficient (Wildman–Crippen LogP) is 4.79. The largest absolute Gasteiger partial charge is 0.396 e. The predicted molar refractivity (Wildman–Crippen MR) is 90.8 cm³/mol. The third kappa shape index (κ3) is 3.57. The number of rotatable bonds is 3. The topological polar surface area (TPSA) is 72.2 Å². The maximum Gasteiger partial charge on any atom is 0.263 e. The quantitative estimate of drug-likeness (QED) is 0.688. The molecule has 21 heavy (non-hydrogen) atoms. The smallest absolute Gasteiger partial charge is 0.263 e. The summed E-state index contributed by atoms with van der Waals surface area (Å²) in [4.78, 5) is -0.162. The van der Waals surface area contributed by atoms with Crippen LogP contribution in [0.15, 0.2) is 39.7 Å². The molecule has 0 heterocycles. The van der Waals surface area contributed by atoms with Crippen molar-refractivity contribution in [2.45, 2.75) is 4.90 Å². The van der Waals surface area contributed by atoms with E-state index in [1.165, 1.54) is 18.2 Å². The van der Waals surface area contributed by atoms with Crippen LogP contribution in [0.1, 0.15) is 0 Å². The molecule has 0 aliphatic rings. The zero-order valence-electron chi connectivity index (χ0n) is 10.2. The number of hydrogen-bond acceptors (Lipinski definition) is 3. The van der Waals surface area contributed by atoms with Crippen molar-refractivity contribution in [1.29, 1.82) is 0 Å². The Bertz CT molecular complexity index is 812. The number of halogens is 4. The maximum absolute atomic E-state index is 12.3. The molecule has 0 amide bonds. The van der Waals surface area contributed by atoms with E-state index in [4.69, 9.17) is 40.5 Å². The van der Waals surface area contributed by atoms with Crippen molar-refractivity contribution in [2.24, 2.45) is 0 Å². The first-order valence-corrected chi connectivity index (χ1v) is 8.84. The second-order valence-corrected chi connectivity index (χ2v) is 7.71. The van der Waals surface area contributed by atoms with Gasteiger partial charge in [0.05, 0.1) is 26.4 Å². The fourth-order valence-corrected chi connectivity index (χ4v) is 3.77. The molecule has 0 saturated carbocycles. The number of hydrogen-bond donors (Lipinski definition) is 2. The molecule has 0 saturated heterocycles. The van der Waals surface area contributed by atoms with Crippen LogP contribution in [0.4, 0.5) is 11.4 Å². The van der Waals surface area contributed by atoms with Crippen molar-refractivity contribution >= 4 is 72.1 Å². The van der Waals surface area contributed by atoms with E-state index in [1.807, 2.05) is 0 Å². The van der Waals surface area contributed by atoms with E-state index < -0.39 is 10.0 Å². The fraction of sp³-hybridized carbons (Fsp3) is 0. The van der Waals surface area contributed by atoms with Crippen LogP contribution in [-0.4, -0.2) is 8.42 Å². The first-order chi connectivity index (χ1) is 9.72. The Labute approximate surface area is 145 Å². The summed E-state index contributed by atoms with van der Waals surface area (Å²) in [5.41, 5.74) is 5.94. The SMILES string of the molecule is Nc1c(Cl)ccc(S(=O)(=O)Nc2ccc(Br)c(Cl)c2)c1Cl. The summed E-state index contributed by atoms with van der Waals surface area (Å²) in [7, 11) is -3.91. The highest BCUT2D eigenvalue weighted by molar-refractivity contribution is 9.10. The van der Waals surface area contributed by atoms with Gasteiger partial charge in [-0.05, 0) is 46.3 Å². The van der Waals surface area contributed by atoms with Crippen molar-refractivity contribution < 1.29 is 8.42 Å². The highest BCUT2D eigenvalue weighted by Crippen LogP contribution is 2.34. The van der Waals surface area contributed by atoms with Crippen LogP contribution in [0.25, 0.3) is 0 Å². The van der Waals surface area contributed by atoms with Gasteiger partial charge in [-0.3, -0.25) is 4.72 Å². The minimum Gasteiger partial charge on any atom is -0.396 e. The van der Waals surface area contributed by atoms with Crippen LogP contribution in [0, 0.1) is 0 Å². The molecule has 112 valence electrons. The van der Waals surface area contributed by atoms with Gasteiger partial charge in [-0.15, -0.1) is 0 Å². The molecule has 0 aromatic heterocycles. The minimum atomic E-state index is -3.91. The molecule has 0 aliphatic carbocycles. The molecule has 0 spiro atoms. The van der Waals surface area contributed by atoms with Crippen molar-refractivity contribution in [3.8, 4) is 0 Å². The van der Waals surface area contributed by atoms with Crippen LogP contribution >= 0.6 is 50.7 Å². The van der Waals surface area contributed by atoms with Gasteiger partial charge in [0.15, 0.2) is 0 Å². The Morgan fingerprint density at radius 3 is 2.33 bits per heavy atom. The summed E-state index contributed by atoms with van der Waals surface area (Å²) in [5.74, 6) is 0. The molecule has 0 bridgehead atoms. The summed E-state index contributed by atoms with van der Waals surface area (Å²) in [5, 5.41) is 0.431. The standard InChI is InChI=1S/C12H8BrCl3N2O2S/c13-7-2-1-6(5-9(7)15)18-21(19,20)10-4-3-8(14)12(17)11(10)16/h1-5,18H,17H2. The molecule has 4 nitrogen and oxygen atoms in total. The van der Waals surface area contributed by atoms with Crippen LogP contribution < -0.4 is 10.5 Å². The summed E-state index contributed by atoms with van der Waals surface area (Å²) in [6, 6.07) is 7.30. The molecule has 0 atom stereocenters. The molecule has 2 rings (SSSR count). The van der Waals surface area contributed by atoms with Gasteiger partial charge in [-0.2, -0.15) is 0 Å². The van der Waals surface area contributed by atoms with E-state index in [0.29, 0.717) is 15.2 Å². The summed E-state index contributed by atoms with van der Waals surface area (Å²) in [6.45, 7) is 0. The Balaban J connectivity index is 2.43. The zero-order valence-corrected chi connectivity index (χ0v) is 14.9. The lowest BCUT2D eigenvalue weighted by atomic mass is 10.3. The summed E-state index contributed by atoms with van der Waals surface area (Å²) < 4.78 is 27.7. The van der Waals surface area contributed by atoms with Gasteiger partial charge >= 0.3 is 0 Å². The number of nitrogens with two attached hydrogens (primary N) is 1. The van der Waals surface area contributed by atoms with Gasteiger partial charge in [0.2, 0.25) is 0 Å².